The number of nitrogens with zero attached hydrogens (tertiary/aromatic N) is 2. The van der Waals surface area contributed by atoms with Crippen LogP contribution in [0, 0.1) is 13.8 Å². The molecule has 120 valence electrons. The number of amides is 1. The van der Waals surface area contributed by atoms with Crippen LogP contribution in [-0.4, -0.2) is 15.9 Å². The number of aryl methyl sites for hydroxylation is 2. The molecule has 0 saturated carbocycles. The van der Waals surface area contributed by atoms with E-state index in [0.717, 1.165) is 27.9 Å². The summed E-state index contributed by atoms with van der Waals surface area (Å²) in [5.41, 5.74) is 5.66. The SMILES string of the molecule is Cc1ccc(C(=O)NCc2ccnc(-c3cccnc3)c2)c(C)c1. The smallest absolute Gasteiger partial charge is 0.251 e. The number of rotatable bonds is 4. The number of carbonyl (C=O) groups excluding carboxylic acids is 1. The van der Waals surface area contributed by atoms with E-state index >= 15 is 0 Å². The molecule has 1 aromatic carbocycles. The molecule has 3 aromatic rings. The molecule has 1 N–H and O–H groups in total. The molecule has 0 radical (unpaired) electrons. The molecule has 24 heavy (non-hydrogen) atoms. The minimum Gasteiger partial charge on any atom is -0.348 e. The summed E-state index contributed by atoms with van der Waals surface area (Å²) < 4.78 is 0. The lowest BCUT2D eigenvalue weighted by Crippen LogP contribution is -2.23. The monoisotopic (exact) mass is 317 g/mol. The van der Waals surface area contributed by atoms with Crippen LogP contribution in [0.5, 0.6) is 0 Å². The summed E-state index contributed by atoms with van der Waals surface area (Å²) in [6.45, 7) is 4.43. The lowest BCUT2D eigenvalue weighted by molar-refractivity contribution is 0.0950. The van der Waals surface area contributed by atoms with E-state index in [9.17, 15) is 4.79 Å². The molecule has 0 bridgehead atoms. The van der Waals surface area contributed by atoms with Gasteiger partial charge in [0.25, 0.3) is 5.91 Å². The van der Waals surface area contributed by atoms with E-state index in [-0.39, 0.29) is 5.91 Å². The second-order valence-electron chi connectivity index (χ2n) is 5.79. The fraction of sp³-hybridized carbons (Fsp3) is 0.150. The van der Waals surface area contributed by atoms with E-state index in [4.69, 9.17) is 0 Å². The van der Waals surface area contributed by atoms with Crippen molar-refractivity contribution in [3.8, 4) is 11.3 Å². The Bertz CT molecular complexity index is 860. The van der Waals surface area contributed by atoms with Gasteiger partial charge in [0.15, 0.2) is 0 Å². The fourth-order valence-electron chi connectivity index (χ4n) is 2.60. The fourth-order valence-corrected chi connectivity index (χ4v) is 2.60. The van der Waals surface area contributed by atoms with Gasteiger partial charge in [-0.3, -0.25) is 14.8 Å². The highest BCUT2D eigenvalue weighted by Gasteiger charge is 2.09. The number of hydrogen-bond acceptors (Lipinski definition) is 3. The molecule has 0 aliphatic rings. The summed E-state index contributed by atoms with van der Waals surface area (Å²) in [5.74, 6) is -0.0627. The lowest BCUT2D eigenvalue weighted by atomic mass is 10.1. The second-order valence-corrected chi connectivity index (χ2v) is 5.79. The van der Waals surface area contributed by atoms with E-state index in [1.165, 1.54) is 0 Å². The number of nitrogens with one attached hydrogen (secondary N) is 1. The first kappa shape index (κ1) is 15.9. The van der Waals surface area contributed by atoms with Crippen molar-refractivity contribution < 1.29 is 4.79 Å². The first-order chi connectivity index (χ1) is 11.6. The van der Waals surface area contributed by atoms with Gasteiger partial charge in [-0.1, -0.05) is 17.7 Å². The van der Waals surface area contributed by atoms with Crippen LogP contribution < -0.4 is 5.32 Å². The van der Waals surface area contributed by atoms with Crippen molar-refractivity contribution in [2.75, 3.05) is 0 Å². The Labute approximate surface area is 141 Å². The second kappa shape index (κ2) is 7.04. The Hall–Kier alpha value is -3.01. The van der Waals surface area contributed by atoms with Gasteiger partial charge in [0.2, 0.25) is 0 Å². The largest absolute Gasteiger partial charge is 0.348 e. The third kappa shape index (κ3) is 3.66. The molecule has 0 saturated heterocycles. The summed E-state index contributed by atoms with van der Waals surface area (Å²) in [4.78, 5) is 20.8. The average molecular weight is 317 g/mol. The van der Waals surface area contributed by atoms with Gasteiger partial charge >= 0.3 is 0 Å². The summed E-state index contributed by atoms with van der Waals surface area (Å²) in [6.07, 6.45) is 5.26. The lowest BCUT2D eigenvalue weighted by Gasteiger charge is -2.09. The van der Waals surface area contributed by atoms with Gasteiger partial charge in [-0.25, -0.2) is 0 Å². The van der Waals surface area contributed by atoms with E-state index < -0.39 is 0 Å². The zero-order chi connectivity index (χ0) is 16.9. The van der Waals surface area contributed by atoms with Crippen molar-refractivity contribution in [1.82, 2.24) is 15.3 Å². The van der Waals surface area contributed by atoms with Crippen molar-refractivity contribution in [3.63, 3.8) is 0 Å². The molecule has 0 fully saturated rings. The van der Waals surface area contributed by atoms with Gasteiger partial charge in [0.05, 0.1) is 5.69 Å². The Balaban J connectivity index is 1.72. The van der Waals surface area contributed by atoms with E-state index in [2.05, 4.69) is 15.3 Å². The Morgan fingerprint density at radius 3 is 2.71 bits per heavy atom. The average Bonchev–Trinajstić information content (AvgIpc) is 2.61. The van der Waals surface area contributed by atoms with Gasteiger partial charge in [-0.15, -0.1) is 0 Å². The highest BCUT2D eigenvalue weighted by atomic mass is 16.1. The molecule has 0 aliphatic heterocycles. The molecule has 0 spiro atoms. The Morgan fingerprint density at radius 1 is 1.08 bits per heavy atom. The van der Waals surface area contributed by atoms with Crippen molar-refractivity contribution in [3.05, 3.63) is 83.3 Å². The van der Waals surface area contributed by atoms with Crippen LogP contribution in [0.25, 0.3) is 11.3 Å². The molecule has 0 unspecified atom stereocenters. The predicted molar refractivity (Wildman–Crippen MR) is 94.6 cm³/mol. The van der Waals surface area contributed by atoms with Crippen molar-refractivity contribution >= 4 is 5.91 Å². The number of hydrogen-bond donors (Lipinski definition) is 1. The molecule has 4 heteroatoms. The zero-order valence-corrected chi connectivity index (χ0v) is 13.8. The first-order valence-corrected chi connectivity index (χ1v) is 7.84. The van der Waals surface area contributed by atoms with Gasteiger partial charge < -0.3 is 5.32 Å². The molecule has 3 rings (SSSR count). The van der Waals surface area contributed by atoms with Crippen LogP contribution in [0.4, 0.5) is 0 Å². The molecular formula is C20H19N3O. The van der Waals surface area contributed by atoms with E-state index in [1.54, 1.807) is 18.6 Å². The molecule has 2 aromatic heterocycles. The third-order valence-corrected chi connectivity index (χ3v) is 3.86. The topological polar surface area (TPSA) is 54.9 Å². The van der Waals surface area contributed by atoms with Crippen molar-refractivity contribution in [1.29, 1.82) is 0 Å². The molecule has 2 heterocycles. The number of carbonyl (C=O) groups is 1. The maximum Gasteiger partial charge on any atom is 0.251 e. The summed E-state index contributed by atoms with van der Waals surface area (Å²) in [6, 6.07) is 13.6. The number of benzene rings is 1. The molecular weight excluding hydrogens is 298 g/mol. The normalized spacial score (nSPS) is 10.4. The maximum absolute atomic E-state index is 12.4. The molecule has 0 atom stereocenters. The van der Waals surface area contributed by atoms with E-state index in [0.29, 0.717) is 12.1 Å². The minimum atomic E-state index is -0.0627. The molecule has 0 aliphatic carbocycles. The number of aromatic nitrogens is 2. The molecule has 1 amide bonds. The van der Waals surface area contributed by atoms with Gasteiger partial charge in [-0.05, 0) is 55.3 Å². The van der Waals surface area contributed by atoms with Crippen LogP contribution in [0.1, 0.15) is 27.0 Å². The summed E-state index contributed by atoms with van der Waals surface area (Å²) >= 11 is 0. The molecule has 4 nitrogen and oxygen atoms in total. The zero-order valence-electron chi connectivity index (χ0n) is 13.8. The maximum atomic E-state index is 12.4. The predicted octanol–water partition coefficient (Wildman–Crippen LogP) is 3.69. The Kier molecular flexibility index (Phi) is 4.66. The minimum absolute atomic E-state index is 0.0627. The van der Waals surface area contributed by atoms with Gasteiger partial charge in [0.1, 0.15) is 0 Å². The quantitative estimate of drug-likeness (QED) is 0.798. The summed E-state index contributed by atoms with van der Waals surface area (Å²) in [5, 5.41) is 2.97. The first-order valence-electron chi connectivity index (χ1n) is 7.84. The van der Waals surface area contributed by atoms with Crippen molar-refractivity contribution in [2.24, 2.45) is 0 Å². The highest BCUT2D eigenvalue weighted by molar-refractivity contribution is 5.95. The standard InChI is InChI=1S/C20H19N3O/c1-14-5-6-18(15(2)10-14)20(24)23-12-16-7-9-22-19(11-16)17-4-3-8-21-13-17/h3-11,13H,12H2,1-2H3,(H,23,24). The third-order valence-electron chi connectivity index (χ3n) is 3.86. The van der Waals surface area contributed by atoms with Crippen molar-refractivity contribution in [2.45, 2.75) is 20.4 Å². The van der Waals surface area contributed by atoms with Crippen LogP contribution in [0.3, 0.4) is 0 Å². The van der Waals surface area contributed by atoms with E-state index in [1.807, 2.05) is 56.3 Å². The Morgan fingerprint density at radius 2 is 1.96 bits per heavy atom. The van der Waals surface area contributed by atoms with Crippen LogP contribution in [0.2, 0.25) is 0 Å². The highest BCUT2D eigenvalue weighted by Crippen LogP contribution is 2.16. The van der Waals surface area contributed by atoms with Crippen LogP contribution >= 0.6 is 0 Å². The van der Waals surface area contributed by atoms with Gasteiger partial charge in [-0.2, -0.15) is 0 Å². The van der Waals surface area contributed by atoms with Crippen LogP contribution in [0.15, 0.2) is 61.1 Å². The summed E-state index contributed by atoms with van der Waals surface area (Å²) in [7, 11) is 0. The van der Waals surface area contributed by atoms with Crippen LogP contribution in [-0.2, 0) is 6.54 Å². The number of pyridine rings is 2. The van der Waals surface area contributed by atoms with Gasteiger partial charge in [0, 0.05) is 36.3 Å².